The summed E-state index contributed by atoms with van der Waals surface area (Å²) in [7, 11) is 3.45. The minimum absolute atomic E-state index is 0.00403. The van der Waals surface area contributed by atoms with Gasteiger partial charge in [-0.2, -0.15) is 0 Å². The summed E-state index contributed by atoms with van der Waals surface area (Å²) in [6, 6.07) is 10.7. The van der Waals surface area contributed by atoms with Crippen molar-refractivity contribution in [2.24, 2.45) is 0 Å². The van der Waals surface area contributed by atoms with Crippen molar-refractivity contribution in [3.05, 3.63) is 53.1 Å². The zero-order valence-electron chi connectivity index (χ0n) is 17.8. The lowest BCUT2D eigenvalue weighted by molar-refractivity contribution is -0.953. The van der Waals surface area contributed by atoms with Gasteiger partial charge in [0.15, 0.2) is 17.5 Å². The second-order valence-electron chi connectivity index (χ2n) is 8.72. The SMILES string of the molecule is CNC(=O)[C@@H]1C[C@@H](O)C[N+]1(C)C1(c2cccc3c2OCO3)C(=O)Nc2ccc(C)cc21. The Bertz CT molecular complexity index is 1100. The van der Waals surface area contributed by atoms with Gasteiger partial charge >= 0.3 is 0 Å². The van der Waals surface area contributed by atoms with Crippen molar-refractivity contribution in [3.63, 3.8) is 0 Å². The summed E-state index contributed by atoms with van der Waals surface area (Å²) < 4.78 is 11.4. The number of aliphatic hydroxyl groups excluding tert-OH is 1. The number of quaternary nitrogens is 1. The molecule has 5 rings (SSSR count). The molecule has 31 heavy (non-hydrogen) atoms. The van der Waals surface area contributed by atoms with Crippen LogP contribution in [0.5, 0.6) is 11.5 Å². The molecule has 3 aliphatic heterocycles. The summed E-state index contributed by atoms with van der Waals surface area (Å²) in [4.78, 5) is 27.0. The Labute approximate surface area is 180 Å². The highest BCUT2D eigenvalue weighted by Gasteiger charge is 2.69. The van der Waals surface area contributed by atoms with E-state index in [2.05, 4.69) is 10.6 Å². The molecule has 0 aromatic heterocycles. The molecular weight excluding hydrogens is 398 g/mol. The topological polar surface area (TPSA) is 96.9 Å². The quantitative estimate of drug-likeness (QED) is 0.645. The predicted molar refractivity (Wildman–Crippen MR) is 113 cm³/mol. The van der Waals surface area contributed by atoms with Crippen molar-refractivity contribution in [1.82, 2.24) is 5.32 Å². The van der Waals surface area contributed by atoms with E-state index < -0.39 is 17.7 Å². The van der Waals surface area contributed by atoms with E-state index in [-0.39, 0.29) is 36.1 Å². The minimum Gasteiger partial charge on any atom is -0.454 e. The number of benzene rings is 2. The number of likely N-dealkylation sites (N-methyl/N-ethyl adjacent to an activating group) is 2. The number of amides is 2. The maximum absolute atomic E-state index is 14.0. The molecule has 8 heteroatoms. The molecule has 3 N–H and O–H groups in total. The summed E-state index contributed by atoms with van der Waals surface area (Å²) >= 11 is 0. The zero-order chi connectivity index (χ0) is 22.0. The van der Waals surface area contributed by atoms with Gasteiger partial charge in [-0.1, -0.05) is 17.7 Å². The lowest BCUT2D eigenvalue weighted by Gasteiger charge is -2.48. The second kappa shape index (κ2) is 6.70. The van der Waals surface area contributed by atoms with Gasteiger partial charge in [0.2, 0.25) is 12.3 Å². The molecule has 162 valence electrons. The van der Waals surface area contributed by atoms with E-state index in [0.29, 0.717) is 22.7 Å². The number of rotatable bonds is 3. The van der Waals surface area contributed by atoms with E-state index in [9.17, 15) is 14.7 Å². The van der Waals surface area contributed by atoms with Gasteiger partial charge in [0, 0.05) is 13.5 Å². The summed E-state index contributed by atoms with van der Waals surface area (Å²) in [6.45, 7) is 2.28. The first-order valence-electron chi connectivity index (χ1n) is 10.4. The molecule has 0 spiro atoms. The van der Waals surface area contributed by atoms with E-state index in [4.69, 9.17) is 9.47 Å². The van der Waals surface area contributed by atoms with Gasteiger partial charge in [0.05, 0.1) is 23.9 Å². The van der Waals surface area contributed by atoms with E-state index in [0.717, 1.165) is 11.1 Å². The first-order chi connectivity index (χ1) is 14.8. The van der Waals surface area contributed by atoms with E-state index >= 15 is 0 Å². The molecule has 0 aliphatic carbocycles. The van der Waals surface area contributed by atoms with Gasteiger partial charge in [0.25, 0.3) is 11.8 Å². The Balaban J connectivity index is 1.87. The zero-order valence-corrected chi connectivity index (χ0v) is 17.8. The Kier molecular flexibility index (Phi) is 4.29. The predicted octanol–water partition coefficient (Wildman–Crippen LogP) is 1.25. The van der Waals surface area contributed by atoms with Gasteiger partial charge in [-0.3, -0.25) is 14.1 Å². The number of anilines is 1. The van der Waals surface area contributed by atoms with Crippen LogP contribution in [-0.2, 0) is 15.1 Å². The van der Waals surface area contributed by atoms with E-state index in [1.165, 1.54) is 0 Å². The van der Waals surface area contributed by atoms with Crippen LogP contribution in [0, 0.1) is 6.92 Å². The van der Waals surface area contributed by atoms with E-state index in [1.807, 2.05) is 44.3 Å². The van der Waals surface area contributed by atoms with Crippen LogP contribution < -0.4 is 20.1 Å². The van der Waals surface area contributed by atoms with Crippen molar-refractivity contribution in [2.45, 2.75) is 31.0 Å². The summed E-state index contributed by atoms with van der Waals surface area (Å²) in [5.74, 6) is 0.608. The number of aryl methyl sites for hydroxylation is 1. The molecule has 0 radical (unpaired) electrons. The highest BCUT2D eigenvalue weighted by atomic mass is 16.7. The fourth-order valence-electron chi connectivity index (χ4n) is 5.70. The van der Waals surface area contributed by atoms with Crippen molar-refractivity contribution in [3.8, 4) is 11.5 Å². The highest BCUT2D eigenvalue weighted by Crippen LogP contribution is 2.56. The Hall–Kier alpha value is -3.10. The average Bonchev–Trinajstić information content (AvgIpc) is 3.41. The molecule has 2 aromatic carbocycles. The van der Waals surface area contributed by atoms with Crippen molar-refractivity contribution >= 4 is 17.5 Å². The molecule has 4 atom stereocenters. The van der Waals surface area contributed by atoms with Crippen molar-refractivity contribution < 1.29 is 28.7 Å². The number of para-hydroxylation sites is 1. The van der Waals surface area contributed by atoms with Gasteiger partial charge in [-0.15, -0.1) is 0 Å². The fraction of sp³-hybridized carbons (Fsp3) is 0.391. The first kappa shape index (κ1) is 19.8. The van der Waals surface area contributed by atoms with Crippen LogP contribution in [0.25, 0.3) is 0 Å². The van der Waals surface area contributed by atoms with Crippen molar-refractivity contribution in [2.75, 3.05) is 32.7 Å². The standard InChI is InChI=1S/C23H25N3O5/c1-13-7-8-17-16(9-13)23(22(29)25-17,15-5-4-6-19-20(15)31-12-30-19)26(3)11-14(27)10-18(26)21(28)24-2/h4-9,14,18,27H,10-12H2,1-3H3,(H-,24,25,28,29)/p+1/t14-,18+,23?,26?/m1/s1. The van der Waals surface area contributed by atoms with Crippen LogP contribution in [0.15, 0.2) is 36.4 Å². The van der Waals surface area contributed by atoms with Crippen LogP contribution in [0.4, 0.5) is 5.69 Å². The number of hydrogen-bond acceptors (Lipinski definition) is 5. The normalized spacial score (nSPS) is 30.8. The molecule has 3 aliphatic rings. The maximum atomic E-state index is 14.0. The molecule has 2 unspecified atom stereocenters. The summed E-state index contributed by atoms with van der Waals surface area (Å²) in [5, 5.41) is 16.5. The van der Waals surface area contributed by atoms with Crippen molar-refractivity contribution in [1.29, 1.82) is 0 Å². The molecule has 8 nitrogen and oxygen atoms in total. The third kappa shape index (κ3) is 2.49. The molecule has 3 heterocycles. The van der Waals surface area contributed by atoms with Crippen LogP contribution in [0.2, 0.25) is 0 Å². The largest absolute Gasteiger partial charge is 0.454 e. The molecule has 0 bridgehead atoms. The summed E-state index contributed by atoms with van der Waals surface area (Å²) in [6.07, 6.45) is -0.460. The number of nitrogens with one attached hydrogen (secondary N) is 2. The summed E-state index contributed by atoms with van der Waals surface area (Å²) in [5.41, 5.74) is 1.80. The van der Waals surface area contributed by atoms with Crippen LogP contribution in [-0.4, -0.2) is 61.0 Å². The van der Waals surface area contributed by atoms with Crippen LogP contribution in [0.3, 0.4) is 0 Å². The minimum atomic E-state index is -1.30. The number of aliphatic hydroxyl groups is 1. The monoisotopic (exact) mass is 424 g/mol. The highest BCUT2D eigenvalue weighted by molar-refractivity contribution is 6.08. The average molecular weight is 424 g/mol. The number of hydrogen-bond donors (Lipinski definition) is 3. The number of carbonyl (C=O) groups is 2. The smallest absolute Gasteiger partial charge is 0.295 e. The number of likely N-dealkylation sites (tertiary alicyclic amines) is 1. The molecule has 1 saturated heterocycles. The van der Waals surface area contributed by atoms with Gasteiger partial charge in [-0.05, 0) is 31.2 Å². The third-order valence-electron chi connectivity index (χ3n) is 7.02. The molecular formula is C23H26N3O5+. The van der Waals surface area contributed by atoms with Gasteiger partial charge in [-0.25, -0.2) is 0 Å². The fourth-order valence-corrected chi connectivity index (χ4v) is 5.70. The lowest BCUT2D eigenvalue weighted by Crippen LogP contribution is -2.68. The molecule has 2 amide bonds. The molecule has 0 saturated carbocycles. The number of carbonyl (C=O) groups excluding carboxylic acids is 2. The lowest BCUT2D eigenvalue weighted by atomic mass is 9.78. The van der Waals surface area contributed by atoms with Gasteiger partial charge < -0.3 is 25.2 Å². The molecule has 1 fully saturated rings. The second-order valence-corrected chi connectivity index (χ2v) is 8.72. The number of nitrogens with zero attached hydrogens (tertiary/aromatic N) is 1. The number of fused-ring (bicyclic) bond motifs is 2. The Morgan fingerprint density at radius 1 is 1.26 bits per heavy atom. The Morgan fingerprint density at radius 2 is 2.06 bits per heavy atom. The molecule has 2 aromatic rings. The van der Waals surface area contributed by atoms with Gasteiger partial charge in [0.1, 0.15) is 12.6 Å². The van der Waals surface area contributed by atoms with Crippen LogP contribution in [0.1, 0.15) is 23.1 Å². The van der Waals surface area contributed by atoms with E-state index in [1.54, 1.807) is 13.1 Å². The van der Waals surface area contributed by atoms with Crippen LogP contribution >= 0.6 is 0 Å². The first-order valence-corrected chi connectivity index (χ1v) is 10.4. The Morgan fingerprint density at radius 3 is 2.84 bits per heavy atom. The maximum Gasteiger partial charge on any atom is 0.295 e. The third-order valence-corrected chi connectivity index (χ3v) is 7.02. The number of ether oxygens (including phenoxy) is 2.